The average molecular weight is 219 g/mol. The summed E-state index contributed by atoms with van der Waals surface area (Å²) >= 11 is 10.7. The third-order valence-electron chi connectivity index (χ3n) is 1.42. The number of carbonyl (C=O) groups is 2. The molecule has 0 saturated heterocycles. The highest BCUT2D eigenvalue weighted by Crippen LogP contribution is 2.17. The number of carboxylic acid groups (broad SMARTS) is 1. The van der Waals surface area contributed by atoms with Crippen molar-refractivity contribution in [3.8, 4) is 0 Å². The van der Waals surface area contributed by atoms with Crippen molar-refractivity contribution in [3.63, 3.8) is 0 Å². The minimum absolute atomic E-state index is 0.0569. The van der Waals surface area contributed by atoms with Crippen molar-refractivity contribution in [3.05, 3.63) is 34.3 Å². The van der Waals surface area contributed by atoms with Gasteiger partial charge in [-0.3, -0.25) is 4.79 Å². The number of benzene rings is 1. The predicted molar refractivity (Wildman–Crippen MR) is 48.6 cm³/mol. The molecule has 1 aromatic rings. The van der Waals surface area contributed by atoms with Crippen LogP contribution in [0.4, 0.5) is 0 Å². The summed E-state index contributed by atoms with van der Waals surface area (Å²) in [6.45, 7) is 0. The number of aromatic carboxylic acids is 1. The zero-order chi connectivity index (χ0) is 10.0. The molecule has 1 rings (SSSR count). The molecule has 0 bridgehead atoms. The molecule has 0 aliphatic rings. The van der Waals surface area contributed by atoms with E-state index in [1.807, 2.05) is 0 Å². The highest BCUT2D eigenvalue weighted by molar-refractivity contribution is 6.68. The molecule has 0 unspecified atom stereocenters. The van der Waals surface area contributed by atoms with E-state index in [9.17, 15) is 9.59 Å². The summed E-state index contributed by atoms with van der Waals surface area (Å²) < 4.78 is 0. The lowest BCUT2D eigenvalue weighted by atomic mass is 10.1. The third-order valence-corrected chi connectivity index (χ3v) is 1.86. The van der Waals surface area contributed by atoms with Crippen LogP contribution in [0.3, 0.4) is 0 Å². The zero-order valence-electron chi connectivity index (χ0n) is 6.25. The molecule has 0 atom stereocenters. The maximum atomic E-state index is 10.7. The summed E-state index contributed by atoms with van der Waals surface area (Å²) in [6.07, 6.45) is 0. The number of carboxylic acids is 1. The molecule has 3 nitrogen and oxygen atoms in total. The van der Waals surface area contributed by atoms with Crippen LogP contribution in [0, 0.1) is 0 Å². The quantitative estimate of drug-likeness (QED) is 0.777. The third kappa shape index (κ3) is 2.20. The molecule has 0 radical (unpaired) electrons. The lowest BCUT2D eigenvalue weighted by Crippen LogP contribution is -2.04. The van der Waals surface area contributed by atoms with E-state index in [0.717, 1.165) is 0 Å². The van der Waals surface area contributed by atoms with Crippen LogP contribution in [0.2, 0.25) is 5.02 Å². The number of hydrogen-bond acceptors (Lipinski definition) is 2. The monoisotopic (exact) mass is 218 g/mol. The van der Waals surface area contributed by atoms with E-state index < -0.39 is 11.2 Å². The molecule has 0 amide bonds. The Kier molecular flexibility index (Phi) is 2.90. The predicted octanol–water partition coefficient (Wildman–Crippen LogP) is 2.42. The van der Waals surface area contributed by atoms with E-state index in [2.05, 4.69) is 0 Å². The molecular weight excluding hydrogens is 215 g/mol. The standard InChI is InChI=1S/C8H4Cl2O3/c9-4-1-2-5(7(10)11)6(3-4)8(12)13/h1-3H,(H,12,13). The van der Waals surface area contributed by atoms with Gasteiger partial charge in [0.1, 0.15) is 0 Å². The van der Waals surface area contributed by atoms with E-state index in [-0.39, 0.29) is 16.1 Å². The Bertz CT molecular complexity index is 374. The zero-order valence-corrected chi connectivity index (χ0v) is 7.76. The van der Waals surface area contributed by atoms with Crippen LogP contribution >= 0.6 is 23.2 Å². The summed E-state index contributed by atoms with van der Waals surface area (Å²) in [5.41, 5.74) is -0.244. The molecule has 1 N–H and O–H groups in total. The van der Waals surface area contributed by atoms with Crippen molar-refractivity contribution in [2.75, 3.05) is 0 Å². The molecule has 0 aliphatic heterocycles. The lowest BCUT2D eigenvalue weighted by molar-refractivity contribution is 0.0693. The maximum absolute atomic E-state index is 10.7. The van der Waals surface area contributed by atoms with Crippen LogP contribution in [-0.4, -0.2) is 16.3 Å². The minimum Gasteiger partial charge on any atom is -0.478 e. The Balaban J connectivity index is 3.35. The molecule has 68 valence electrons. The molecule has 0 spiro atoms. The van der Waals surface area contributed by atoms with Crippen LogP contribution in [0.25, 0.3) is 0 Å². The first-order valence-corrected chi connectivity index (χ1v) is 4.00. The number of halogens is 2. The van der Waals surface area contributed by atoms with E-state index in [4.69, 9.17) is 28.3 Å². The first kappa shape index (κ1) is 10.0. The van der Waals surface area contributed by atoms with Gasteiger partial charge in [0.25, 0.3) is 5.24 Å². The first-order chi connectivity index (χ1) is 6.02. The van der Waals surface area contributed by atoms with Gasteiger partial charge in [-0.1, -0.05) is 11.6 Å². The number of hydrogen-bond donors (Lipinski definition) is 1. The van der Waals surface area contributed by atoms with Crippen molar-refractivity contribution >= 4 is 34.4 Å². The second kappa shape index (κ2) is 3.77. The number of carbonyl (C=O) groups excluding carboxylic acids is 1. The highest BCUT2D eigenvalue weighted by atomic mass is 35.5. The van der Waals surface area contributed by atoms with Gasteiger partial charge in [0.05, 0.1) is 5.56 Å². The van der Waals surface area contributed by atoms with Crippen molar-refractivity contribution in [1.29, 1.82) is 0 Å². The van der Waals surface area contributed by atoms with E-state index in [1.54, 1.807) is 0 Å². The van der Waals surface area contributed by atoms with Crippen LogP contribution in [0.15, 0.2) is 18.2 Å². The van der Waals surface area contributed by atoms with Crippen molar-refractivity contribution in [1.82, 2.24) is 0 Å². The topological polar surface area (TPSA) is 54.4 Å². The van der Waals surface area contributed by atoms with Crippen molar-refractivity contribution in [2.45, 2.75) is 0 Å². The van der Waals surface area contributed by atoms with Gasteiger partial charge < -0.3 is 5.11 Å². The number of rotatable bonds is 2. The lowest BCUT2D eigenvalue weighted by Gasteiger charge is -2.00. The molecule has 5 heteroatoms. The van der Waals surface area contributed by atoms with Gasteiger partial charge in [-0.05, 0) is 29.8 Å². The summed E-state index contributed by atoms with van der Waals surface area (Å²) in [6, 6.07) is 3.87. The fraction of sp³-hybridized carbons (Fsp3) is 0. The molecule has 1 aromatic carbocycles. The minimum atomic E-state index is -1.23. The highest BCUT2D eigenvalue weighted by Gasteiger charge is 2.14. The van der Waals surface area contributed by atoms with Gasteiger partial charge in [0.2, 0.25) is 0 Å². The largest absolute Gasteiger partial charge is 0.478 e. The van der Waals surface area contributed by atoms with Gasteiger partial charge in [-0.25, -0.2) is 4.79 Å². The van der Waals surface area contributed by atoms with Gasteiger partial charge in [-0.2, -0.15) is 0 Å². The second-order valence-electron chi connectivity index (χ2n) is 2.27. The summed E-state index contributed by atoms with van der Waals surface area (Å²) in [5, 5.41) is 8.11. The fourth-order valence-electron chi connectivity index (χ4n) is 0.865. The van der Waals surface area contributed by atoms with Crippen LogP contribution in [-0.2, 0) is 0 Å². The fourth-order valence-corrected chi connectivity index (χ4v) is 1.20. The molecule has 13 heavy (non-hydrogen) atoms. The Morgan fingerprint density at radius 2 is 1.85 bits per heavy atom. The Morgan fingerprint density at radius 1 is 1.23 bits per heavy atom. The average Bonchev–Trinajstić information content (AvgIpc) is 2.03. The van der Waals surface area contributed by atoms with E-state index in [1.165, 1.54) is 18.2 Å². The van der Waals surface area contributed by atoms with E-state index in [0.29, 0.717) is 0 Å². The Labute approximate surface area is 83.9 Å². The Hall–Kier alpha value is -1.06. The first-order valence-electron chi connectivity index (χ1n) is 3.25. The normalized spacial score (nSPS) is 9.69. The SMILES string of the molecule is O=C(O)c1cc(Cl)ccc1C(=O)Cl. The smallest absolute Gasteiger partial charge is 0.336 e. The van der Waals surface area contributed by atoms with Crippen LogP contribution in [0.5, 0.6) is 0 Å². The van der Waals surface area contributed by atoms with Gasteiger partial charge in [-0.15, -0.1) is 0 Å². The van der Waals surface area contributed by atoms with Gasteiger partial charge in [0.15, 0.2) is 0 Å². The van der Waals surface area contributed by atoms with Crippen molar-refractivity contribution in [2.24, 2.45) is 0 Å². The summed E-state index contributed by atoms with van der Waals surface area (Å²) in [4.78, 5) is 21.3. The second-order valence-corrected chi connectivity index (χ2v) is 3.05. The van der Waals surface area contributed by atoms with Crippen LogP contribution < -0.4 is 0 Å². The maximum Gasteiger partial charge on any atom is 0.336 e. The Morgan fingerprint density at radius 3 is 2.31 bits per heavy atom. The molecule has 0 saturated carbocycles. The van der Waals surface area contributed by atoms with Gasteiger partial charge >= 0.3 is 5.97 Å². The van der Waals surface area contributed by atoms with Crippen LogP contribution in [0.1, 0.15) is 20.7 Å². The molecule has 0 heterocycles. The molecule has 0 aliphatic carbocycles. The summed E-state index contributed by atoms with van der Waals surface area (Å²) in [7, 11) is 0. The summed E-state index contributed by atoms with van der Waals surface area (Å²) in [5.74, 6) is -1.23. The van der Waals surface area contributed by atoms with E-state index >= 15 is 0 Å². The van der Waals surface area contributed by atoms with Crippen molar-refractivity contribution < 1.29 is 14.7 Å². The van der Waals surface area contributed by atoms with Gasteiger partial charge in [0, 0.05) is 10.6 Å². The molecular formula is C8H4Cl2O3. The molecule has 0 aromatic heterocycles. The molecule has 0 fully saturated rings.